The van der Waals surface area contributed by atoms with E-state index in [9.17, 15) is 9.59 Å². The summed E-state index contributed by atoms with van der Waals surface area (Å²) in [5.74, 6) is -0.0779. The third kappa shape index (κ3) is 1.99. The molecular weight excluding hydrogens is 276 g/mol. The first-order chi connectivity index (χ1) is 9.53. The highest BCUT2D eigenvalue weighted by Gasteiger charge is 2.51. The average Bonchev–Trinajstić information content (AvgIpc) is 2.89. The quantitative estimate of drug-likeness (QED) is 0.864. The number of carbonyl (C=O) groups is 2. The molecule has 2 amide bonds. The Hall–Kier alpha value is -1.55. The Morgan fingerprint density at radius 3 is 2.40 bits per heavy atom. The highest BCUT2D eigenvalue weighted by atomic mass is 35.5. The Labute approximate surface area is 123 Å². The highest BCUT2D eigenvalue weighted by Crippen LogP contribution is 2.36. The van der Waals surface area contributed by atoms with Gasteiger partial charge in [-0.15, -0.1) is 0 Å². The predicted octanol–water partition coefficient (Wildman–Crippen LogP) is 2.50. The van der Waals surface area contributed by atoms with Gasteiger partial charge in [0, 0.05) is 10.7 Å². The zero-order valence-corrected chi connectivity index (χ0v) is 12.1. The topological polar surface area (TPSA) is 49.4 Å². The van der Waals surface area contributed by atoms with E-state index in [1.54, 1.807) is 36.1 Å². The summed E-state index contributed by atoms with van der Waals surface area (Å²) >= 11 is 5.89. The fourth-order valence-corrected chi connectivity index (χ4v) is 3.30. The summed E-state index contributed by atoms with van der Waals surface area (Å²) in [6.45, 7) is 1.75. The average molecular weight is 293 g/mol. The second-order valence-electron chi connectivity index (χ2n) is 5.61. The monoisotopic (exact) mass is 292 g/mol. The fourth-order valence-electron chi connectivity index (χ4n) is 3.18. The molecule has 2 fully saturated rings. The number of nitrogens with zero attached hydrogens (tertiary/aromatic N) is 1. The van der Waals surface area contributed by atoms with Gasteiger partial charge in [-0.25, -0.2) is 0 Å². The molecule has 0 radical (unpaired) electrons. The number of anilines is 1. The summed E-state index contributed by atoms with van der Waals surface area (Å²) in [5, 5.41) is 3.56. The highest BCUT2D eigenvalue weighted by molar-refractivity contribution is 6.30. The van der Waals surface area contributed by atoms with E-state index in [1.807, 2.05) is 0 Å². The molecule has 1 atom stereocenters. The molecule has 1 aromatic rings. The molecule has 0 aromatic heterocycles. The number of benzene rings is 1. The van der Waals surface area contributed by atoms with Gasteiger partial charge in [-0.3, -0.25) is 14.5 Å². The van der Waals surface area contributed by atoms with Crippen LogP contribution in [0, 0.1) is 0 Å². The fraction of sp³-hybridized carbons (Fsp3) is 0.467. The molecule has 1 saturated heterocycles. The molecule has 1 aliphatic carbocycles. The van der Waals surface area contributed by atoms with Crippen LogP contribution in [0.25, 0.3) is 0 Å². The summed E-state index contributed by atoms with van der Waals surface area (Å²) < 4.78 is 0. The van der Waals surface area contributed by atoms with Crippen molar-refractivity contribution >= 4 is 29.1 Å². The van der Waals surface area contributed by atoms with Crippen LogP contribution in [0.4, 0.5) is 5.69 Å². The summed E-state index contributed by atoms with van der Waals surface area (Å²) in [5.41, 5.74) is 0.0384. The summed E-state index contributed by atoms with van der Waals surface area (Å²) in [6, 6.07) is 6.57. The second-order valence-corrected chi connectivity index (χ2v) is 6.04. The minimum Gasteiger partial charge on any atom is -0.340 e. The van der Waals surface area contributed by atoms with Crippen LogP contribution in [0.1, 0.15) is 32.6 Å². The molecule has 3 rings (SSSR count). The number of rotatable bonds is 1. The lowest BCUT2D eigenvalue weighted by atomic mass is 9.90. The molecule has 2 aliphatic rings. The number of amides is 2. The first-order valence-electron chi connectivity index (χ1n) is 6.95. The Morgan fingerprint density at radius 1 is 1.20 bits per heavy atom. The molecule has 1 unspecified atom stereocenters. The van der Waals surface area contributed by atoms with E-state index in [1.165, 1.54) is 0 Å². The largest absolute Gasteiger partial charge is 0.340 e. The van der Waals surface area contributed by atoms with Gasteiger partial charge >= 0.3 is 0 Å². The Kier molecular flexibility index (Phi) is 3.21. The number of hydrogen-bond acceptors (Lipinski definition) is 2. The third-order valence-electron chi connectivity index (χ3n) is 4.32. The van der Waals surface area contributed by atoms with Gasteiger partial charge in [-0.1, -0.05) is 24.4 Å². The smallest absolute Gasteiger partial charge is 0.253 e. The molecule has 1 spiro atoms. The van der Waals surface area contributed by atoms with Crippen molar-refractivity contribution < 1.29 is 9.59 Å². The SMILES string of the molecule is CC1C(=O)NC2(CCCC2)C(=O)N1c1ccc(Cl)cc1. The maximum absolute atomic E-state index is 12.9. The van der Waals surface area contributed by atoms with E-state index in [-0.39, 0.29) is 11.8 Å². The van der Waals surface area contributed by atoms with E-state index >= 15 is 0 Å². The van der Waals surface area contributed by atoms with Crippen LogP contribution in [0.5, 0.6) is 0 Å². The Balaban J connectivity index is 2.00. The number of piperazine rings is 1. The van der Waals surface area contributed by atoms with Gasteiger partial charge in [0.25, 0.3) is 5.91 Å². The zero-order valence-electron chi connectivity index (χ0n) is 11.4. The van der Waals surface area contributed by atoms with Crippen molar-refractivity contribution in [2.75, 3.05) is 4.90 Å². The van der Waals surface area contributed by atoms with Gasteiger partial charge in [0.15, 0.2) is 0 Å². The maximum atomic E-state index is 12.9. The molecule has 5 heteroatoms. The van der Waals surface area contributed by atoms with Gasteiger partial charge in [0.05, 0.1) is 0 Å². The molecule has 106 valence electrons. The van der Waals surface area contributed by atoms with Crippen molar-refractivity contribution in [1.29, 1.82) is 0 Å². The lowest BCUT2D eigenvalue weighted by Gasteiger charge is -2.43. The zero-order chi connectivity index (χ0) is 14.3. The van der Waals surface area contributed by atoms with E-state index in [0.29, 0.717) is 5.02 Å². The van der Waals surface area contributed by atoms with Crippen LogP contribution in [-0.2, 0) is 9.59 Å². The number of carbonyl (C=O) groups excluding carboxylic acids is 2. The van der Waals surface area contributed by atoms with Gasteiger partial charge < -0.3 is 5.32 Å². The molecular formula is C15H17ClN2O2. The van der Waals surface area contributed by atoms with Crippen LogP contribution in [0.3, 0.4) is 0 Å². The number of hydrogen-bond donors (Lipinski definition) is 1. The van der Waals surface area contributed by atoms with Crippen LogP contribution < -0.4 is 10.2 Å². The van der Waals surface area contributed by atoms with Crippen LogP contribution in [-0.4, -0.2) is 23.4 Å². The Bertz CT molecular complexity index is 549. The molecule has 20 heavy (non-hydrogen) atoms. The van der Waals surface area contributed by atoms with Crippen molar-refractivity contribution in [3.63, 3.8) is 0 Å². The lowest BCUT2D eigenvalue weighted by Crippen LogP contribution is -2.69. The normalized spacial score (nSPS) is 25.1. The molecule has 1 aromatic carbocycles. The molecule has 0 bridgehead atoms. The van der Waals surface area contributed by atoms with Crippen molar-refractivity contribution in [2.24, 2.45) is 0 Å². The van der Waals surface area contributed by atoms with Gasteiger partial charge in [-0.05, 0) is 44.0 Å². The minimum atomic E-state index is -0.691. The third-order valence-corrected chi connectivity index (χ3v) is 4.57. The standard InChI is InChI=1S/C15H17ClN2O2/c1-10-13(19)17-15(8-2-3-9-15)14(20)18(10)12-6-4-11(16)5-7-12/h4-7,10H,2-3,8-9H2,1H3,(H,17,19). The molecule has 1 heterocycles. The van der Waals surface area contributed by atoms with E-state index in [2.05, 4.69) is 5.32 Å². The molecule has 1 saturated carbocycles. The first kappa shape index (κ1) is 13.4. The summed E-state index contributed by atoms with van der Waals surface area (Å²) in [6.07, 6.45) is 3.42. The van der Waals surface area contributed by atoms with E-state index in [0.717, 1.165) is 31.4 Å². The van der Waals surface area contributed by atoms with E-state index in [4.69, 9.17) is 11.6 Å². The maximum Gasteiger partial charge on any atom is 0.253 e. The lowest BCUT2D eigenvalue weighted by molar-refractivity contribution is -0.137. The predicted molar refractivity (Wildman–Crippen MR) is 77.7 cm³/mol. The van der Waals surface area contributed by atoms with Crippen molar-refractivity contribution in [1.82, 2.24) is 5.32 Å². The summed E-state index contributed by atoms with van der Waals surface area (Å²) in [4.78, 5) is 26.7. The van der Waals surface area contributed by atoms with Crippen LogP contribution in [0.15, 0.2) is 24.3 Å². The van der Waals surface area contributed by atoms with Crippen molar-refractivity contribution in [2.45, 2.75) is 44.2 Å². The van der Waals surface area contributed by atoms with Crippen molar-refractivity contribution in [3.8, 4) is 0 Å². The summed E-state index contributed by atoms with van der Waals surface area (Å²) in [7, 11) is 0. The van der Waals surface area contributed by atoms with E-state index < -0.39 is 11.6 Å². The second kappa shape index (κ2) is 4.77. The Morgan fingerprint density at radius 2 is 1.80 bits per heavy atom. The van der Waals surface area contributed by atoms with Gasteiger partial charge in [0.2, 0.25) is 5.91 Å². The minimum absolute atomic E-state index is 0.00409. The number of halogens is 1. The molecule has 1 N–H and O–H groups in total. The molecule has 1 aliphatic heterocycles. The first-order valence-corrected chi connectivity index (χ1v) is 7.33. The van der Waals surface area contributed by atoms with Crippen molar-refractivity contribution in [3.05, 3.63) is 29.3 Å². The number of nitrogens with one attached hydrogen (secondary N) is 1. The van der Waals surface area contributed by atoms with Gasteiger partial charge in [-0.2, -0.15) is 0 Å². The van der Waals surface area contributed by atoms with Crippen LogP contribution in [0.2, 0.25) is 5.02 Å². The van der Waals surface area contributed by atoms with Gasteiger partial charge in [0.1, 0.15) is 11.6 Å². The van der Waals surface area contributed by atoms with Crippen LogP contribution >= 0.6 is 11.6 Å². The molecule has 4 nitrogen and oxygen atoms in total.